The number of hydrogen-bond acceptors (Lipinski definition) is 3. The Bertz CT molecular complexity index is 544. The molecule has 1 aromatic carbocycles. The molecule has 1 fully saturated rings. The molecule has 0 radical (unpaired) electrons. The second kappa shape index (κ2) is 5.68. The molecule has 0 bridgehead atoms. The third kappa shape index (κ3) is 2.77. The van der Waals surface area contributed by atoms with Gasteiger partial charge in [0.05, 0.1) is 11.6 Å². The Balaban J connectivity index is 1.80. The minimum absolute atomic E-state index is 0.243. The van der Waals surface area contributed by atoms with E-state index in [9.17, 15) is 5.11 Å². The molecule has 1 atom stereocenters. The van der Waals surface area contributed by atoms with E-state index in [1.54, 1.807) is 0 Å². The van der Waals surface area contributed by atoms with Crippen molar-refractivity contribution in [2.24, 2.45) is 5.92 Å². The van der Waals surface area contributed by atoms with E-state index in [1.807, 2.05) is 30.5 Å². The quantitative estimate of drug-likeness (QED) is 0.884. The summed E-state index contributed by atoms with van der Waals surface area (Å²) >= 11 is 0. The van der Waals surface area contributed by atoms with Gasteiger partial charge in [-0.3, -0.25) is 4.98 Å². The van der Waals surface area contributed by atoms with Crippen molar-refractivity contribution in [2.75, 3.05) is 13.1 Å². The van der Waals surface area contributed by atoms with Crippen molar-refractivity contribution < 1.29 is 5.11 Å². The maximum atomic E-state index is 10.4. The molecule has 0 amide bonds. The van der Waals surface area contributed by atoms with Gasteiger partial charge in [0.25, 0.3) is 0 Å². The standard InChI is InChI=1S/C16H20N2O/c19-16(12-5-8-17-9-6-12)11-13-7-10-18-15-4-2-1-3-14(13)15/h1-4,7,10,12,16-17,19H,5-6,8-9,11H2. The number of rotatable bonds is 3. The zero-order valence-electron chi connectivity index (χ0n) is 11.0. The second-order valence-corrected chi connectivity index (χ2v) is 5.35. The number of hydrogen-bond donors (Lipinski definition) is 2. The summed E-state index contributed by atoms with van der Waals surface area (Å²) < 4.78 is 0. The van der Waals surface area contributed by atoms with E-state index in [-0.39, 0.29) is 6.10 Å². The number of nitrogens with one attached hydrogen (secondary N) is 1. The van der Waals surface area contributed by atoms with Crippen LogP contribution in [0.3, 0.4) is 0 Å². The number of fused-ring (bicyclic) bond motifs is 1. The third-order valence-corrected chi connectivity index (χ3v) is 4.10. The molecule has 3 heteroatoms. The van der Waals surface area contributed by atoms with Crippen LogP contribution >= 0.6 is 0 Å². The van der Waals surface area contributed by atoms with Crippen LogP contribution in [0.1, 0.15) is 18.4 Å². The van der Waals surface area contributed by atoms with Gasteiger partial charge in [0.1, 0.15) is 0 Å². The molecule has 1 unspecified atom stereocenters. The van der Waals surface area contributed by atoms with Crippen LogP contribution in [0.25, 0.3) is 10.9 Å². The zero-order chi connectivity index (χ0) is 13.1. The molecule has 0 saturated carbocycles. The Hall–Kier alpha value is -1.45. The van der Waals surface area contributed by atoms with Crippen LogP contribution in [-0.2, 0) is 6.42 Å². The molecule has 100 valence electrons. The smallest absolute Gasteiger partial charge is 0.0704 e. The predicted molar refractivity (Wildman–Crippen MR) is 77.0 cm³/mol. The molecule has 3 rings (SSSR count). The Morgan fingerprint density at radius 1 is 1.21 bits per heavy atom. The second-order valence-electron chi connectivity index (χ2n) is 5.35. The van der Waals surface area contributed by atoms with E-state index in [0.717, 1.165) is 43.3 Å². The summed E-state index contributed by atoms with van der Waals surface area (Å²) in [5, 5.41) is 14.9. The number of benzene rings is 1. The van der Waals surface area contributed by atoms with Gasteiger partial charge < -0.3 is 10.4 Å². The van der Waals surface area contributed by atoms with Crippen molar-refractivity contribution in [3.05, 3.63) is 42.1 Å². The molecule has 0 spiro atoms. The van der Waals surface area contributed by atoms with Crippen LogP contribution in [0.5, 0.6) is 0 Å². The number of para-hydroxylation sites is 1. The highest BCUT2D eigenvalue weighted by molar-refractivity contribution is 5.81. The maximum Gasteiger partial charge on any atom is 0.0704 e. The molecule has 1 aliphatic rings. The summed E-state index contributed by atoms with van der Waals surface area (Å²) in [6.45, 7) is 2.05. The van der Waals surface area contributed by atoms with Crippen LogP contribution in [0, 0.1) is 5.92 Å². The average molecular weight is 256 g/mol. The minimum atomic E-state index is -0.243. The summed E-state index contributed by atoms with van der Waals surface area (Å²) in [5.41, 5.74) is 2.22. The van der Waals surface area contributed by atoms with Gasteiger partial charge in [-0.05, 0) is 56.0 Å². The SMILES string of the molecule is OC(Cc1ccnc2ccccc12)C1CCNCC1. The average Bonchev–Trinajstić information content (AvgIpc) is 2.48. The van der Waals surface area contributed by atoms with Gasteiger partial charge in [0.15, 0.2) is 0 Å². The van der Waals surface area contributed by atoms with E-state index >= 15 is 0 Å². The zero-order valence-corrected chi connectivity index (χ0v) is 11.0. The van der Waals surface area contributed by atoms with E-state index in [2.05, 4.69) is 16.4 Å². The van der Waals surface area contributed by atoms with Gasteiger partial charge in [0.2, 0.25) is 0 Å². The topological polar surface area (TPSA) is 45.2 Å². The summed E-state index contributed by atoms with van der Waals surface area (Å²) in [6.07, 6.45) is 4.47. The van der Waals surface area contributed by atoms with Crippen molar-refractivity contribution in [1.82, 2.24) is 10.3 Å². The van der Waals surface area contributed by atoms with Gasteiger partial charge in [-0.2, -0.15) is 0 Å². The molecule has 2 aromatic rings. The highest BCUT2D eigenvalue weighted by atomic mass is 16.3. The Morgan fingerprint density at radius 2 is 2.00 bits per heavy atom. The fraction of sp³-hybridized carbons (Fsp3) is 0.438. The van der Waals surface area contributed by atoms with Crippen LogP contribution in [-0.4, -0.2) is 29.3 Å². The lowest BCUT2D eigenvalue weighted by Gasteiger charge is -2.27. The van der Waals surface area contributed by atoms with Crippen molar-refractivity contribution in [2.45, 2.75) is 25.4 Å². The van der Waals surface area contributed by atoms with Gasteiger partial charge >= 0.3 is 0 Å². The summed E-state index contributed by atoms with van der Waals surface area (Å²) in [4.78, 5) is 4.37. The molecule has 1 aromatic heterocycles. The first-order valence-electron chi connectivity index (χ1n) is 7.06. The molecule has 1 aliphatic heterocycles. The van der Waals surface area contributed by atoms with E-state index < -0.39 is 0 Å². The first kappa shape index (κ1) is 12.6. The molecule has 2 N–H and O–H groups in total. The van der Waals surface area contributed by atoms with Crippen molar-refractivity contribution in [3.63, 3.8) is 0 Å². The van der Waals surface area contributed by atoms with Crippen LogP contribution < -0.4 is 5.32 Å². The normalized spacial score (nSPS) is 18.6. The minimum Gasteiger partial charge on any atom is -0.392 e. The first-order valence-corrected chi connectivity index (χ1v) is 7.06. The number of aliphatic hydroxyl groups is 1. The number of nitrogens with zero attached hydrogens (tertiary/aromatic N) is 1. The monoisotopic (exact) mass is 256 g/mol. The number of aromatic nitrogens is 1. The molecule has 3 nitrogen and oxygen atoms in total. The third-order valence-electron chi connectivity index (χ3n) is 4.10. The molecular formula is C16H20N2O. The van der Waals surface area contributed by atoms with Crippen molar-refractivity contribution >= 4 is 10.9 Å². The van der Waals surface area contributed by atoms with Crippen LogP contribution in [0.15, 0.2) is 36.5 Å². The molecular weight excluding hydrogens is 236 g/mol. The van der Waals surface area contributed by atoms with Gasteiger partial charge in [0, 0.05) is 11.6 Å². The Kier molecular flexibility index (Phi) is 3.76. The summed E-state index contributed by atoms with van der Waals surface area (Å²) in [6, 6.07) is 10.2. The molecule has 1 saturated heterocycles. The highest BCUT2D eigenvalue weighted by Crippen LogP contribution is 2.23. The van der Waals surface area contributed by atoms with E-state index in [1.165, 1.54) is 5.56 Å². The lowest BCUT2D eigenvalue weighted by molar-refractivity contribution is 0.0893. The molecule has 19 heavy (non-hydrogen) atoms. The highest BCUT2D eigenvalue weighted by Gasteiger charge is 2.22. The summed E-state index contributed by atoms with van der Waals surface area (Å²) in [5.74, 6) is 0.424. The fourth-order valence-corrected chi connectivity index (χ4v) is 2.95. The molecule has 2 heterocycles. The lowest BCUT2D eigenvalue weighted by atomic mass is 9.88. The first-order chi connectivity index (χ1) is 9.34. The van der Waals surface area contributed by atoms with E-state index in [0.29, 0.717) is 5.92 Å². The van der Waals surface area contributed by atoms with Gasteiger partial charge in [-0.15, -0.1) is 0 Å². The Labute approximate surface area is 113 Å². The van der Waals surface area contributed by atoms with Crippen molar-refractivity contribution in [3.8, 4) is 0 Å². The maximum absolute atomic E-state index is 10.4. The van der Waals surface area contributed by atoms with Crippen LogP contribution in [0.2, 0.25) is 0 Å². The predicted octanol–water partition coefficient (Wildman–Crippen LogP) is 2.14. The summed E-state index contributed by atoms with van der Waals surface area (Å²) in [7, 11) is 0. The van der Waals surface area contributed by atoms with Gasteiger partial charge in [-0.25, -0.2) is 0 Å². The van der Waals surface area contributed by atoms with Crippen molar-refractivity contribution in [1.29, 1.82) is 0 Å². The number of pyridine rings is 1. The lowest BCUT2D eigenvalue weighted by Crippen LogP contribution is -2.35. The Morgan fingerprint density at radius 3 is 2.84 bits per heavy atom. The largest absolute Gasteiger partial charge is 0.392 e. The fourth-order valence-electron chi connectivity index (χ4n) is 2.95. The number of aliphatic hydroxyl groups excluding tert-OH is 1. The van der Waals surface area contributed by atoms with E-state index in [4.69, 9.17) is 0 Å². The van der Waals surface area contributed by atoms with Gasteiger partial charge in [-0.1, -0.05) is 18.2 Å². The number of piperidine rings is 1. The molecule has 0 aliphatic carbocycles. The van der Waals surface area contributed by atoms with Crippen LogP contribution in [0.4, 0.5) is 0 Å².